The minimum Gasteiger partial charge on any atom is -0.492 e. The van der Waals surface area contributed by atoms with Gasteiger partial charge in [-0.2, -0.15) is 0 Å². The second-order valence-corrected chi connectivity index (χ2v) is 5.79. The van der Waals surface area contributed by atoms with Gasteiger partial charge in [0.2, 0.25) is 0 Å². The van der Waals surface area contributed by atoms with Crippen LogP contribution in [0.15, 0.2) is 24.3 Å². The summed E-state index contributed by atoms with van der Waals surface area (Å²) in [6.45, 7) is 6.47. The minimum atomic E-state index is -0.236. The molecule has 124 valence electrons. The maximum atomic E-state index is 12.9. The third-order valence-corrected chi connectivity index (χ3v) is 4.08. The maximum absolute atomic E-state index is 12.9. The monoisotopic (exact) mass is 310 g/mol. The van der Waals surface area contributed by atoms with Gasteiger partial charge in [0.15, 0.2) is 0 Å². The smallest absolute Gasteiger partial charge is 0.123 e. The predicted octanol–water partition coefficient (Wildman–Crippen LogP) is 2.15. The molecule has 1 aliphatic rings. The van der Waals surface area contributed by atoms with E-state index in [9.17, 15) is 4.39 Å². The van der Waals surface area contributed by atoms with E-state index < -0.39 is 0 Å². The molecule has 0 spiro atoms. The van der Waals surface area contributed by atoms with Crippen molar-refractivity contribution in [1.29, 1.82) is 0 Å². The van der Waals surface area contributed by atoms with Crippen molar-refractivity contribution in [3.8, 4) is 5.75 Å². The molecule has 1 saturated heterocycles. The van der Waals surface area contributed by atoms with E-state index in [0.29, 0.717) is 6.61 Å². The molecule has 1 aliphatic heterocycles. The van der Waals surface area contributed by atoms with Gasteiger partial charge in [0, 0.05) is 26.7 Å². The standard InChI is InChI=1S/C17H27FN2O2/c1-21-12-10-20(14-15-6-8-19-9-7-15)11-13-22-17-4-2-16(18)3-5-17/h2-5,15,19H,6-14H2,1H3. The number of benzene rings is 1. The third kappa shape index (κ3) is 6.30. The number of rotatable bonds is 9. The lowest BCUT2D eigenvalue weighted by Crippen LogP contribution is -2.39. The molecule has 22 heavy (non-hydrogen) atoms. The van der Waals surface area contributed by atoms with Crippen molar-refractivity contribution in [2.24, 2.45) is 5.92 Å². The Bertz CT molecular complexity index is 408. The zero-order valence-corrected chi connectivity index (χ0v) is 13.4. The maximum Gasteiger partial charge on any atom is 0.123 e. The van der Waals surface area contributed by atoms with Crippen LogP contribution in [0.5, 0.6) is 5.75 Å². The molecule has 1 fully saturated rings. The summed E-state index contributed by atoms with van der Waals surface area (Å²) in [7, 11) is 1.73. The second-order valence-electron chi connectivity index (χ2n) is 5.79. The number of hydrogen-bond donors (Lipinski definition) is 1. The SMILES string of the molecule is COCCN(CCOc1ccc(F)cc1)CC1CCNCC1. The lowest BCUT2D eigenvalue weighted by atomic mass is 9.97. The number of piperidine rings is 1. The van der Waals surface area contributed by atoms with E-state index in [-0.39, 0.29) is 5.82 Å². The van der Waals surface area contributed by atoms with E-state index in [1.54, 1.807) is 19.2 Å². The van der Waals surface area contributed by atoms with Crippen LogP contribution in [-0.4, -0.2) is 57.9 Å². The fraction of sp³-hybridized carbons (Fsp3) is 0.647. The van der Waals surface area contributed by atoms with Crippen molar-refractivity contribution in [2.75, 3.05) is 53.0 Å². The summed E-state index contributed by atoms with van der Waals surface area (Å²) in [5.74, 6) is 1.24. The Morgan fingerprint density at radius 2 is 1.82 bits per heavy atom. The van der Waals surface area contributed by atoms with Crippen LogP contribution in [0.1, 0.15) is 12.8 Å². The molecule has 1 aromatic rings. The number of ether oxygens (including phenoxy) is 2. The Kier molecular flexibility index (Phi) is 7.63. The number of methoxy groups -OCH3 is 1. The van der Waals surface area contributed by atoms with E-state index >= 15 is 0 Å². The predicted molar refractivity (Wildman–Crippen MR) is 85.8 cm³/mol. The zero-order chi connectivity index (χ0) is 15.6. The van der Waals surface area contributed by atoms with Gasteiger partial charge in [-0.15, -0.1) is 0 Å². The molecule has 0 radical (unpaired) electrons. The van der Waals surface area contributed by atoms with Crippen molar-refractivity contribution in [3.05, 3.63) is 30.1 Å². The van der Waals surface area contributed by atoms with Gasteiger partial charge in [0.25, 0.3) is 0 Å². The molecule has 5 heteroatoms. The van der Waals surface area contributed by atoms with Gasteiger partial charge in [-0.3, -0.25) is 4.90 Å². The van der Waals surface area contributed by atoms with E-state index in [1.165, 1.54) is 25.0 Å². The molecule has 1 N–H and O–H groups in total. The van der Waals surface area contributed by atoms with Crippen LogP contribution in [0.4, 0.5) is 4.39 Å². The highest BCUT2D eigenvalue weighted by Gasteiger charge is 2.16. The van der Waals surface area contributed by atoms with Crippen LogP contribution < -0.4 is 10.1 Å². The van der Waals surface area contributed by atoms with Crippen molar-refractivity contribution in [1.82, 2.24) is 10.2 Å². The molecule has 0 unspecified atom stereocenters. The average Bonchev–Trinajstić information content (AvgIpc) is 2.55. The Balaban J connectivity index is 1.74. The first-order valence-corrected chi connectivity index (χ1v) is 8.08. The normalized spacial score (nSPS) is 16.1. The molecule has 4 nitrogen and oxygen atoms in total. The average molecular weight is 310 g/mol. The number of halogens is 1. The van der Waals surface area contributed by atoms with E-state index in [2.05, 4.69) is 10.2 Å². The lowest BCUT2D eigenvalue weighted by molar-refractivity contribution is 0.117. The third-order valence-electron chi connectivity index (χ3n) is 4.08. The first kappa shape index (κ1) is 17.2. The molecular weight excluding hydrogens is 283 g/mol. The Hall–Kier alpha value is -1.17. The lowest BCUT2D eigenvalue weighted by Gasteiger charge is -2.29. The molecular formula is C17H27FN2O2. The summed E-state index contributed by atoms with van der Waals surface area (Å²) in [4.78, 5) is 2.41. The molecule has 0 aliphatic carbocycles. The molecule has 0 atom stereocenters. The van der Waals surface area contributed by atoms with Gasteiger partial charge < -0.3 is 14.8 Å². The molecule has 0 saturated carbocycles. The first-order chi connectivity index (χ1) is 10.8. The van der Waals surface area contributed by atoms with Crippen molar-refractivity contribution >= 4 is 0 Å². The highest BCUT2D eigenvalue weighted by Crippen LogP contribution is 2.14. The second kappa shape index (κ2) is 9.77. The Morgan fingerprint density at radius 1 is 1.14 bits per heavy atom. The summed E-state index contributed by atoms with van der Waals surface area (Å²) >= 11 is 0. The topological polar surface area (TPSA) is 33.7 Å². The fourth-order valence-corrected chi connectivity index (χ4v) is 2.77. The fourth-order valence-electron chi connectivity index (χ4n) is 2.77. The number of nitrogens with zero attached hydrogens (tertiary/aromatic N) is 1. The molecule has 0 bridgehead atoms. The van der Waals surface area contributed by atoms with Crippen LogP contribution in [-0.2, 0) is 4.74 Å². The highest BCUT2D eigenvalue weighted by atomic mass is 19.1. The molecule has 1 heterocycles. The first-order valence-electron chi connectivity index (χ1n) is 8.08. The van der Waals surface area contributed by atoms with Crippen molar-refractivity contribution in [2.45, 2.75) is 12.8 Å². The van der Waals surface area contributed by atoms with Gasteiger partial charge in [-0.05, 0) is 56.1 Å². The number of nitrogens with one attached hydrogen (secondary N) is 1. The van der Waals surface area contributed by atoms with Crippen LogP contribution in [0.25, 0.3) is 0 Å². The number of hydrogen-bond acceptors (Lipinski definition) is 4. The van der Waals surface area contributed by atoms with E-state index in [4.69, 9.17) is 9.47 Å². The summed E-state index contributed by atoms with van der Waals surface area (Å²) in [6.07, 6.45) is 2.48. The summed E-state index contributed by atoms with van der Waals surface area (Å²) in [6, 6.07) is 6.18. The van der Waals surface area contributed by atoms with Gasteiger partial charge in [-0.1, -0.05) is 0 Å². The molecule has 0 aromatic heterocycles. The van der Waals surface area contributed by atoms with Gasteiger partial charge in [-0.25, -0.2) is 4.39 Å². The van der Waals surface area contributed by atoms with Crippen molar-refractivity contribution < 1.29 is 13.9 Å². The zero-order valence-electron chi connectivity index (χ0n) is 13.4. The summed E-state index contributed by atoms with van der Waals surface area (Å²) in [5.41, 5.74) is 0. The van der Waals surface area contributed by atoms with Crippen molar-refractivity contribution in [3.63, 3.8) is 0 Å². The molecule has 2 rings (SSSR count). The quantitative estimate of drug-likeness (QED) is 0.758. The Labute approximate surface area is 132 Å². The largest absolute Gasteiger partial charge is 0.492 e. The van der Waals surface area contributed by atoms with E-state index in [1.807, 2.05) is 0 Å². The summed E-state index contributed by atoms with van der Waals surface area (Å²) < 4.78 is 23.8. The minimum absolute atomic E-state index is 0.236. The molecule has 1 aromatic carbocycles. The Morgan fingerprint density at radius 3 is 2.50 bits per heavy atom. The molecule has 0 amide bonds. The highest BCUT2D eigenvalue weighted by molar-refractivity contribution is 5.21. The van der Waals surface area contributed by atoms with Crippen LogP contribution >= 0.6 is 0 Å². The van der Waals surface area contributed by atoms with E-state index in [0.717, 1.165) is 51.0 Å². The van der Waals surface area contributed by atoms with Crippen LogP contribution in [0.2, 0.25) is 0 Å². The van der Waals surface area contributed by atoms with Crippen LogP contribution in [0.3, 0.4) is 0 Å². The van der Waals surface area contributed by atoms with Gasteiger partial charge >= 0.3 is 0 Å². The van der Waals surface area contributed by atoms with Gasteiger partial charge in [0.05, 0.1) is 6.61 Å². The van der Waals surface area contributed by atoms with Gasteiger partial charge in [0.1, 0.15) is 18.2 Å². The van der Waals surface area contributed by atoms with Crippen LogP contribution in [0, 0.1) is 11.7 Å². The summed E-state index contributed by atoms with van der Waals surface area (Å²) in [5, 5.41) is 3.40.